The van der Waals surface area contributed by atoms with Crippen molar-refractivity contribution in [1.82, 2.24) is 9.29 Å². The molecule has 0 fully saturated rings. The van der Waals surface area contributed by atoms with Crippen molar-refractivity contribution < 1.29 is 17.2 Å². The van der Waals surface area contributed by atoms with Crippen LogP contribution in [0.15, 0.2) is 56.6 Å². The zero-order chi connectivity index (χ0) is 16.6. The van der Waals surface area contributed by atoms with Crippen molar-refractivity contribution in [3.8, 4) is 0 Å². The first-order valence-electron chi connectivity index (χ1n) is 6.70. The molecule has 0 amide bonds. The maximum absolute atomic E-state index is 13.2. The first-order chi connectivity index (χ1) is 10.9. The molecule has 8 heteroatoms. The molecule has 0 aliphatic rings. The van der Waals surface area contributed by atoms with E-state index in [0.717, 1.165) is 4.31 Å². The van der Waals surface area contributed by atoms with Gasteiger partial charge in [0.15, 0.2) is 5.58 Å². The van der Waals surface area contributed by atoms with Gasteiger partial charge in [-0.3, -0.25) is 4.98 Å². The Bertz CT molecular complexity index is 1020. The van der Waals surface area contributed by atoms with Gasteiger partial charge in [0.1, 0.15) is 5.82 Å². The Balaban J connectivity index is 1.93. The van der Waals surface area contributed by atoms with Gasteiger partial charge < -0.3 is 4.42 Å². The molecule has 6 nitrogen and oxygen atoms in total. The summed E-state index contributed by atoms with van der Waals surface area (Å²) in [5, 5.41) is 0. The van der Waals surface area contributed by atoms with Gasteiger partial charge in [0.2, 0.25) is 10.0 Å². The van der Waals surface area contributed by atoms with Crippen LogP contribution in [0.5, 0.6) is 0 Å². The molecule has 3 aromatic rings. The Morgan fingerprint density at radius 3 is 2.74 bits per heavy atom. The molecule has 1 heterocycles. The Kier molecular flexibility index (Phi) is 3.78. The van der Waals surface area contributed by atoms with Gasteiger partial charge in [0.25, 0.3) is 0 Å². The van der Waals surface area contributed by atoms with Gasteiger partial charge in [-0.2, -0.15) is 4.31 Å². The van der Waals surface area contributed by atoms with Crippen LogP contribution in [0.4, 0.5) is 4.39 Å². The van der Waals surface area contributed by atoms with Crippen LogP contribution in [-0.2, 0) is 16.6 Å². The lowest BCUT2D eigenvalue weighted by Gasteiger charge is -2.17. The van der Waals surface area contributed by atoms with Crippen LogP contribution in [0, 0.1) is 5.82 Å². The average molecular weight is 336 g/mol. The Labute approximate surface area is 131 Å². The van der Waals surface area contributed by atoms with Crippen molar-refractivity contribution >= 4 is 21.1 Å². The van der Waals surface area contributed by atoms with E-state index in [-0.39, 0.29) is 17.0 Å². The van der Waals surface area contributed by atoms with Crippen molar-refractivity contribution in [3.05, 3.63) is 64.4 Å². The number of aromatic nitrogens is 1. The number of sulfonamides is 1. The van der Waals surface area contributed by atoms with E-state index >= 15 is 0 Å². The summed E-state index contributed by atoms with van der Waals surface area (Å²) in [4.78, 5) is 13.6. The summed E-state index contributed by atoms with van der Waals surface area (Å²) in [6, 6.07) is 9.84. The van der Waals surface area contributed by atoms with Gasteiger partial charge in [-0.05, 0) is 35.9 Å². The Morgan fingerprint density at radius 1 is 1.22 bits per heavy atom. The number of hydrogen-bond donors (Lipinski definition) is 1. The number of oxazole rings is 1. The third kappa shape index (κ3) is 3.03. The third-order valence-corrected chi connectivity index (χ3v) is 5.19. The van der Waals surface area contributed by atoms with Gasteiger partial charge in [-0.25, -0.2) is 17.6 Å². The van der Waals surface area contributed by atoms with Gasteiger partial charge in [0.05, 0.1) is 10.4 Å². The number of benzene rings is 2. The first kappa shape index (κ1) is 15.4. The highest BCUT2D eigenvalue weighted by molar-refractivity contribution is 7.89. The maximum Gasteiger partial charge on any atom is 0.417 e. The fraction of sp³-hybridized carbons (Fsp3) is 0.133. The second-order valence-electron chi connectivity index (χ2n) is 5.06. The largest absolute Gasteiger partial charge is 0.417 e. The summed E-state index contributed by atoms with van der Waals surface area (Å²) in [7, 11) is -2.38. The maximum atomic E-state index is 13.2. The number of hydrogen-bond acceptors (Lipinski definition) is 4. The number of nitrogens with zero attached hydrogens (tertiary/aromatic N) is 1. The molecular formula is C15H13FN2O4S. The van der Waals surface area contributed by atoms with E-state index in [9.17, 15) is 17.6 Å². The number of halogens is 1. The number of H-pyrrole nitrogens is 1. The number of nitrogens with one attached hydrogen (secondary N) is 1. The van der Waals surface area contributed by atoms with Crippen molar-refractivity contribution in [2.75, 3.05) is 7.05 Å². The third-order valence-electron chi connectivity index (χ3n) is 3.39. The predicted octanol–water partition coefficient (Wildman–Crippen LogP) is 2.08. The second-order valence-corrected chi connectivity index (χ2v) is 7.11. The lowest BCUT2D eigenvalue weighted by Crippen LogP contribution is -2.26. The lowest BCUT2D eigenvalue weighted by molar-refractivity contribution is 0.465. The van der Waals surface area contributed by atoms with Crippen LogP contribution in [0.1, 0.15) is 5.56 Å². The van der Waals surface area contributed by atoms with Crippen LogP contribution < -0.4 is 5.76 Å². The molecule has 0 atom stereocenters. The van der Waals surface area contributed by atoms with E-state index in [1.165, 1.54) is 43.4 Å². The first-order valence-corrected chi connectivity index (χ1v) is 8.14. The van der Waals surface area contributed by atoms with Crippen molar-refractivity contribution in [1.29, 1.82) is 0 Å². The topological polar surface area (TPSA) is 83.4 Å². The molecule has 0 unspecified atom stereocenters. The summed E-state index contributed by atoms with van der Waals surface area (Å²) in [5.74, 6) is -1.08. The number of fused-ring (bicyclic) bond motifs is 1. The molecule has 23 heavy (non-hydrogen) atoms. The van der Waals surface area contributed by atoms with Crippen LogP contribution in [0.2, 0.25) is 0 Å². The van der Waals surface area contributed by atoms with Crippen LogP contribution in [0.25, 0.3) is 11.1 Å². The SMILES string of the molecule is CN(Cc1cccc(F)c1)S(=O)(=O)c1ccc2oc(=O)[nH]c2c1. The van der Waals surface area contributed by atoms with Crippen molar-refractivity contribution in [3.63, 3.8) is 0 Å². The normalized spacial score (nSPS) is 12.1. The van der Waals surface area contributed by atoms with E-state index < -0.39 is 21.6 Å². The molecular weight excluding hydrogens is 323 g/mol. The second kappa shape index (κ2) is 5.64. The predicted molar refractivity (Wildman–Crippen MR) is 81.9 cm³/mol. The summed E-state index contributed by atoms with van der Waals surface area (Å²) in [6.07, 6.45) is 0. The minimum absolute atomic E-state index is 0.0148. The molecule has 2 aromatic carbocycles. The molecule has 3 rings (SSSR count). The van der Waals surface area contributed by atoms with Crippen LogP contribution >= 0.6 is 0 Å². The fourth-order valence-corrected chi connectivity index (χ4v) is 3.43. The highest BCUT2D eigenvalue weighted by atomic mass is 32.2. The molecule has 0 bridgehead atoms. The van der Waals surface area contributed by atoms with Crippen molar-refractivity contribution in [2.45, 2.75) is 11.4 Å². The molecule has 0 spiro atoms. The number of rotatable bonds is 4. The molecule has 0 saturated heterocycles. The standard InChI is InChI=1S/C15H13FN2O4S/c1-18(9-10-3-2-4-11(16)7-10)23(20,21)12-5-6-14-13(8-12)17-15(19)22-14/h2-8H,9H2,1H3,(H,17,19). The minimum atomic E-state index is -3.79. The van der Waals surface area contributed by atoms with E-state index in [2.05, 4.69) is 4.98 Å². The van der Waals surface area contributed by atoms with Gasteiger partial charge >= 0.3 is 5.76 Å². The van der Waals surface area contributed by atoms with Gasteiger partial charge in [-0.15, -0.1) is 0 Å². The van der Waals surface area contributed by atoms with E-state index in [1.54, 1.807) is 6.07 Å². The minimum Gasteiger partial charge on any atom is -0.408 e. The lowest BCUT2D eigenvalue weighted by atomic mass is 10.2. The monoisotopic (exact) mass is 336 g/mol. The molecule has 120 valence electrons. The van der Waals surface area contributed by atoms with Crippen LogP contribution in [0.3, 0.4) is 0 Å². The van der Waals surface area contributed by atoms with Crippen molar-refractivity contribution in [2.24, 2.45) is 0 Å². The molecule has 0 aliphatic heterocycles. The smallest absolute Gasteiger partial charge is 0.408 e. The van der Waals surface area contributed by atoms with Gasteiger partial charge in [-0.1, -0.05) is 12.1 Å². The molecule has 0 radical (unpaired) electrons. The summed E-state index contributed by atoms with van der Waals surface area (Å²) < 4.78 is 44.3. The highest BCUT2D eigenvalue weighted by Crippen LogP contribution is 2.21. The molecule has 1 N–H and O–H groups in total. The zero-order valence-corrected chi connectivity index (χ0v) is 12.9. The quantitative estimate of drug-likeness (QED) is 0.791. The van der Waals surface area contributed by atoms with Crippen LogP contribution in [-0.4, -0.2) is 24.8 Å². The Hall–Kier alpha value is -2.45. The number of aromatic amines is 1. The molecule has 0 aliphatic carbocycles. The fourth-order valence-electron chi connectivity index (χ4n) is 2.25. The molecule has 1 aromatic heterocycles. The summed E-state index contributed by atoms with van der Waals surface area (Å²) in [6.45, 7) is 0.0278. The molecule has 0 saturated carbocycles. The van der Waals surface area contributed by atoms with E-state index in [1.807, 2.05) is 0 Å². The van der Waals surface area contributed by atoms with E-state index in [0.29, 0.717) is 11.1 Å². The van der Waals surface area contributed by atoms with Gasteiger partial charge in [0, 0.05) is 13.6 Å². The summed E-state index contributed by atoms with van der Waals surface area (Å²) >= 11 is 0. The summed E-state index contributed by atoms with van der Waals surface area (Å²) in [5.41, 5.74) is 1.12. The highest BCUT2D eigenvalue weighted by Gasteiger charge is 2.22. The van der Waals surface area contributed by atoms with E-state index in [4.69, 9.17) is 4.42 Å². The average Bonchev–Trinajstić information content (AvgIpc) is 2.86. The Morgan fingerprint density at radius 2 is 2.00 bits per heavy atom. The zero-order valence-electron chi connectivity index (χ0n) is 12.1.